The van der Waals surface area contributed by atoms with Gasteiger partial charge in [0.05, 0.1) is 14.2 Å². The maximum atomic E-state index is 13.1. The number of benzene rings is 2. The van der Waals surface area contributed by atoms with Crippen LogP contribution in [0, 0.1) is 0 Å². The van der Waals surface area contributed by atoms with Gasteiger partial charge in [0.25, 0.3) is 5.91 Å². The number of amides is 2. The van der Waals surface area contributed by atoms with E-state index in [9.17, 15) is 9.59 Å². The number of nitrogens with zero attached hydrogens (tertiary/aromatic N) is 1. The van der Waals surface area contributed by atoms with Crippen molar-refractivity contribution < 1.29 is 23.8 Å². The van der Waals surface area contributed by atoms with E-state index in [1.807, 2.05) is 24.3 Å². The van der Waals surface area contributed by atoms with Gasteiger partial charge in [0.15, 0.2) is 6.61 Å². The van der Waals surface area contributed by atoms with Crippen molar-refractivity contribution >= 4 is 27.7 Å². The fourth-order valence-corrected chi connectivity index (χ4v) is 3.26. The first-order valence-electron chi connectivity index (χ1n) is 10.6. The van der Waals surface area contributed by atoms with Crippen LogP contribution in [0.1, 0.15) is 32.3 Å². The van der Waals surface area contributed by atoms with Crippen LogP contribution in [0.2, 0.25) is 0 Å². The molecule has 0 aliphatic rings. The van der Waals surface area contributed by atoms with E-state index in [1.54, 1.807) is 39.3 Å². The third-order valence-electron chi connectivity index (χ3n) is 4.95. The van der Waals surface area contributed by atoms with Crippen LogP contribution in [0.15, 0.2) is 46.9 Å². The summed E-state index contributed by atoms with van der Waals surface area (Å²) in [6, 6.07) is 12.1. The number of nitrogens with one attached hydrogen (secondary N) is 1. The summed E-state index contributed by atoms with van der Waals surface area (Å²) in [4.78, 5) is 27.3. The van der Waals surface area contributed by atoms with E-state index >= 15 is 0 Å². The summed E-state index contributed by atoms with van der Waals surface area (Å²) in [7, 11) is 3.09. The number of ether oxygens (including phenoxy) is 3. The van der Waals surface area contributed by atoms with E-state index in [-0.39, 0.29) is 18.4 Å². The number of rotatable bonds is 12. The lowest BCUT2D eigenvalue weighted by Crippen LogP contribution is -2.49. The molecule has 0 aliphatic heterocycles. The third-order valence-corrected chi connectivity index (χ3v) is 5.48. The molecule has 8 heteroatoms. The zero-order chi connectivity index (χ0) is 23.5. The average molecular weight is 507 g/mol. The molecule has 0 fully saturated rings. The summed E-state index contributed by atoms with van der Waals surface area (Å²) in [5.74, 6) is 1.07. The summed E-state index contributed by atoms with van der Waals surface area (Å²) in [5.41, 5.74) is 0.915. The number of unbranched alkanes of at least 4 members (excludes halogenated alkanes) is 1. The number of carbonyl (C=O) groups excluding carboxylic acids is 2. The van der Waals surface area contributed by atoms with Gasteiger partial charge in [0, 0.05) is 35.8 Å². The van der Waals surface area contributed by atoms with Gasteiger partial charge in [-0.25, -0.2) is 0 Å². The predicted molar refractivity (Wildman–Crippen MR) is 127 cm³/mol. The molecule has 0 spiro atoms. The van der Waals surface area contributed by atoms with Crippen molar-refractivity contribution in [2.24, 2.45) is 0 Å². The largest absolute Gasteiger partial charge is 0.496 e. The van der Waals surface area contributed by atoms with Crippen molar-refractivity contribution in [2.45, 2.75) is 39.3 Å². The number of hydrogen-bond donors (Lipinski definition) is 1. The zero-order valence-electron chi connectivity index (χ0n) is 19.0. The van der Waals surface area contributed by atoms with E-state index in [2.05, 4.69) is 28.2 Å². The maximum absolute atomic E-state index is 13.1. The SMILES string of the molecule is CCCCNC(=O)C(C)N(Cc1ccc(Br)cc1)C(=O)COc1cc(OC)cc(OC)c1. The number of methoxy groups -OCH3 is 2. The van der Waals surface area contributed by atoms with Crippen molar-refractivity contribution in [1.29, 1.82) is 0 Å². The van der Waals surface area contributed by atoms with Crippen LogP contribution >= 0.6 is 15.9 Å². The maximum Gasteiger partial charge on any atom is 0.261 e. The molecule has 2 rings (SSSR count). The van der Waals surface area contributed by atoms with E-state index < -0.39 is 6.04 Å². The van der Waals surface area contributed by atoms with Crippen molar-refractivity contribution in [3.8, 4) is 17.2 Å². The van der Waals surface area contributed by atoms with E-state index in [0.717, 1.165) is 22.9 Å². The molecule has 0 aromatic heterocycles. The molecule has 174 valence electrons. The van der Waals surface area contributed by atoms with E-state index in [1.165, 1.54) is 4.90 Å². The highest BCUT2D eigenvalue weighted by molar-refractivity contribution is 9.10. The first kappa shape index (κ1) is 25.5. The molecule has 1 N–H and O–H groups in total. The van der Waals surface area contributed by atoms with Crippen LogP contribution in [-0.2, 0) is 16.1 Å². The average Bonchev–Trinajstić information content (AvgIpc) is 2.81. The van der Waals surface area contributed by atoms with Gasteiger partial charge in [-0.3, -0.25) is 9.59 Å². The van der Waals surface area contributed by atoms with Gasteiger partial charge in [0.1, 0.15) is 23.3 Å². The van der Waals surface area contributed by atoms with Crippen molar-refractivity contribution in [1.82, 2.24) is 10.2 Å². The Morgan fingerprint density at radius 2 is 1.62 bits per heavy atom. The molecule has 1 atom stereocenters. The van der Waals surface area contributed by atoms with Gasteiger partial charge in [0.2, 0.25) is 5.91 Å². The molecule has 32 heavy (non-hydrogen) atoms. The van der Waals surface area contributed by atoms with Gasteiger partial charge >= 0.3 is 0 Å². The minimum absolute atomic E-state index is 0.188. The lowest BCUT2D eigenvalue weighted by molar-refractivity contribution is -0.142. The summed E-state index contributed by atoms with van der Waals surface area (Å²) in [5, 5.41) is 2.90. The third kappa shape index (κ3) is 7.75. The summed E-state index contributed by atoms with van der Waals surface area (Å²) in [6.07, 6.45) is 1.87. The molecule has 0 aliphatic carbocycles. The van der Waals surface area contributed by atoms with Gasteiger partial charge in [-0.2, -0.15) is 0 Å². The van der Waals surface area contributed by atoms with Crippen LogP contribution < -0.4 is 19.5 Å². The number of hydrogen-bond acceptors (Lipinski definition) is 5. The molecule has 0 radical (unpaired) electrons. The molecular weight excluding hydrogens is 476 g/mol. The van der Waals surface area contributed by atoms with Crippen LogP contribution in [0.5, 0.6) is 17.2 Å². The smallest absolute Gasteiger partial charge is 0.261 e. The highest BCUT2D eigenvalue weighted by Crippen LogP contribution is 2.27. The van der Waals surface area contributed by atoms with Crippen LogP contribution in [0.4, 0.5) is 0 Å². The van der Waals surface area contributed by atoms with E-state index in [4.69, 9.17) is 14.2 Å². The fourth-order valence-electron chi connectivity index (χ4n) is 3.00. The molecule has 0 saturated heterocycles. The molecule has 0 bridgehead atoms. The Bertz CT molecular complexity index is 866. The van der Waals surface area contributed by atoms with Gasteiger partial charge < -0.3 is 24.4 Å². The second-order valence-corrected chi connectivity index (χ2v) is 8.22. The van der Waals surface area contributed by atoms with Gasteiger partial charge in [-0.05, 0) is 31.0 Å². The van der Waals surface area contributed by atoms with Crippen molar-refractivity contribution in [3.63, 3.8) is 0 Å². The lowest BCUT2D eigenvalue weighted by Gasteiger charge is -2.29. The summed E-state index contributed by atoms with van der Waals surface area (Å²) >= 11 is 3.42. The van der Waals surface area contributed by atoms with Gasteiger partial charge in [-0.15, -0.1) is 0 Å². The predicted octanol–water partition coefficient (Wildman–Crippen LogP) is 4.18. The highest BCUT2D eigenvalue weighted by Gasteiger charge is 2.26. The quantitative estimate of drug-likeness (QED) is 0.437. The first-order valence-corrected chi connectivity index (χ1v) is 11.3. The Morgan fingerprint density at radius 1 is 1.03 bits per heavy atom. The molecule has 1 unspecified atom stereocenters. The van der Waals surface area contributed by atoms with Gasteiger partial charge in [-0.1, -0.05) is 41.4 Å². The normalized spacial score (nSPS) is 11.4. The highest BCUT2D eigenvalue weighted by atomic mass is 79.9. The monoisotopic (exact) mass is 506 g/mol. The first-order chi connectivity index (χ1) is 15.4. The fraction of sp³-hybridized carbons (Fsp3) is 0.417. The summed E-state index contributed by atoms with van der Waals surface area (Å²) < 4.78 is 17.2. The molecule has 2 amide bonds. The number of carbonyl (C=O) groups is 2. The van der Waals surface area contributed by atoms with Crippen LogP contribution in [0.25, 0.3) is 0 Å². The minimum Gasteiger partial charge on any atom is -0.496 e. The Labute approximate surface area is 198 Å². The molecule has 2 aromatic carbocycles. The Balaban J connectivity index is 2.15. The minimum atomic E-state index is -0.647. The standard InChI is InChI=1S/C24H31BrN2O5/c1-5-6-11-26-24(29)17(2)27(15-18-7-9-19(25)10-8-18)23(28)16-32-22-13-20(30-3)12-21(14-22)31-4/h7-10,12-14,17H,5-6,11,15-16H2,1-4H3,(H,26,29). The molecule has 0 saturated carbocycles. The zero-order valence-corrected chi connectivity index (χ0v) is 20.6. The van der Waals surface area contributed by atoms with E-state index in [0.29, 0.717) is 30.3 Å². The van der Waals surface area contributed by atoms with Crippen molar-refractivity contribution in [2.75, 3.05) is 27.4 Å². The second-order valence-electron chi connectivity index (χ2n) is 7.31. The Morgan fingerprint density at radius 3 is 2.19 bits per heavy atom. The lowest BCUT2D eigenvalue weighted by atomic mass is 10.1. The summed E-state index contributed by atoms with van der Waals surface area (Å²) in [6.45, 7) is 4.44. The second kappa shape index (κ2) is 13.0. The molecule has 0 heterocycles. The van der Waals surface area contributed by atoms with Crippen molar-refractivity contribution in [3.05, 3.63) is 52.5 Å². The molecular formula is C24H31BrN2O5. The Hall–Kier alpha value is -2.74. The number of halogens is 1. The van der Waals surface area contributed by atoms with Crippen LogP contribution in [0.3, 0.4) is 0 Å². The molecule has 2 aromatic rings. The molecule has 7 nitrogen and oxygen atoms in total. The Kier molecular flexibility index (Phi) is 10.3. The van der Waals surface area contributed by atoms with Crippen LogP contribution in [-0.4, -0.2) is 50.1 Å². The topological polar surface area (TPSA) is 77.1 Å².